The Labute approximate surface area is 199 Å². The van der Waals surface area contributed by atoms with E-state index in [1.54, 1.807) is 26.0 Å². The number of nitrogens with zero attached hydrogens (tertiary/aromatic N) is 1. The van der Waals surface area contributed by atoms with Crippen LogP contribution in [-0.4, -0.2) is 43.0 Å². The third-order valence-corrected chi connectivity index (χ3v) is 6.04. The van der Waals surface area contributed by atoms with E-state index in [1.165, 1.54) is 0 Å². The quantitative estimate of drug-likeness (QED) is 0.480. The highest BCUT2D eigenvalue weighted by atomic mass is 79.9. The number of amides is 2. The predicted octanol–water partition coefficient (Wildman–Crippen LogP) is 4.73. The second-order valence-electron chi connectivity index (χ2n) is 7.83. The highest BCUT2D eigenvalue weighted by Crippen LogP contribution is 2.28. The first kappa shape index (κ1) is 25.7. The molecule has 2 amide bonds. The van der Waals surface area contributed by atoms with Crippen molar-refractivity contribution >= 4 is 27.7 Å². The van der Waals surface area contributed by atoms with Crippen molar-refractivity contribution in [2.75, 3.05) is 14.2 Å². The number of rotatable bonds is 11. The van der Waals surface area contributed by atoms with E-state index in [9.17, 15) is 9.59 Å². The summed E-state index contributed by atoms with van der Waals surface area (Å²) in [4.78, 5) is 27.7. The van der Waals surface area contributed by atoms with Gasteiger partial charge >= 0.3 is 0 Å². The fourth-order valence-corrected chi connectivity index (χ4v) is 3.53. The van der Waals surface area contributed by atoms with Gasteiger partial charge in [-0.25, -0.2) is 0 Å². The van der Waals surface area contributed by atoms with Crippen molar-refractivity contribution in [2.45, 2.75) is 58.7 Å². The molecule has 0 saturated heterocycles. The summed E-state index contributed by atoms with van der Waals surface area (Å²) in [6.45, 7) is 6.13. The number of halogens is 1. The maximum atomic E-state index is 13.2. The van der Waals surface area contributed by atoms with Crippen molar-refractivity contribution in [3.05, 3.63) is 58.1 Å². The lowest BCUT2D eigenvalue weighted by molar-refractivity contribution is -0.140. The molecule has 2 atom stereocenters. The zero-order valence-corrected chi connectivity index (χ0v) is 21.1. The predicted molar refractivity (Wildman–Crippen MR) is 130 cm³/mol. The molecule has 0 fully saturated rings. The minimum atomic E-state index is -0.578. The lowest BCUT2D eigenvalue weighted by Gasteiger charge is -2.30. The average molecular weight is 505 g/mol. The van der Waals surface area contributed by atoms with Gasteiger partial charge in [-0.3, -0.25) is 9.59 Å². The van der Waals surface area contributed by atoms with E-state index in [4.69, 9.17) is 9.47 Å². The van der Waals surface area contributed by atoms with Crippen LogP contribution < -0.4 is 14.8 Å². The van der Waals surface area contributed by atoms with Crippen LogP contribution in [0.15, 0.2) is 46.9 Å². The molecule has 0 aliphatic carbocycles. The molecule has 6 nitrogen and oxygen atoms in total. The Hall–Kier alpha value is -2.54. The minimum absolute atomic E-state index is 0.0568. The van der Waals surface area contributed by atoms with E-state index < -0.39 is 6.04 Å². The summed E-state index contributed by atoms with van der Waals surface area (Å²) in [6.07, 6.45) is 1.65. The summed E-state index contributed by atoms with van der Waals surface area (Å²) in [7, 11) is 3.18. The lowest BCUT2D eigenvalue weighted by Crippen LogP contribution is -2.49. The maximum absolute atomic E-state index is 13.2. The number of carbonyl (C=O) groups excluding carboxylic acids is 2. The molecular formula is C25H33BrN2O4. The number of hydrogen-bond acceptors (Lipinski definition) is 4. The Kier molecular flexibility index (Phi) is 10.0. The van der Waals surface area contributed by atoms with Gasteiger partial charge in [0.25, 0.3) is 0 Å². The lowest BCUT2D eigenvalue weighted by atomic mass is 10.1. The van der Waals surface area contributed by atoms with Gasteiger partial charge in [-0.1, -0.05) is 41.1 Å². The van der Waals surface area contributed by atoms with Crippen LogP contribution in [0.2, 0.25) is 0 Å². The van der Waals surface area contributed by atoms with Crippen LogP contribution in [0, 0.1) is 0 Å². The summed E-state index contributed by atoms with van der Waals surface area (Å²) < 4.78 is 11.6. The molecule has 0 spiro atoms. The molecule has 0 saturated carbocycles. The molecule has 0 aromatic heterocycles. The molecule has 2 rings (SSSR count). The molecule has 0 aliphatic heterocycles. The smallest absolute Gasteiger partial charge is 0.242 e. The van der Waals surface area contributed by atoms with Gasteiger partial charge in [0.2, 0.25) is 11.8 Å². The van der Waals surface area contributed by atoms with Gasteiger partial charge in [0, 0.05) is 23.5 Å². The Bertz CT molecular complexity index is 901. The van der Waals surface area contributed by atoms with E-state index >= 15 is 0 Å². The van der Waals surface area contributed by atoms with Gasteiger partial charge in [-0.2, -0.15) is 0 Å². The van der Waals surface area contributed by atoms with Gasteiger partial charge in [0.1, 0.15) is 6.04 Å². The van der Waals surface area contributed by atoms with Crippen LogP contribution >= 0.6 is 15.9 Å². The average Bonchev–Trinajstić information content (AvgIpc) is 2.81. The molecule has 1 N–H and O–H groups in total. The molecule has 174 valence electrons. The van der Waals surface area contributed by atoms with Gasteiger partial charge in [0.05, 0.1) is 14.2 Å². The zero-order valence-electron chi connectivity index (χ0n) is 19.5. The first-order chi connectivity index (χ1) is 15.3. The fraction of sp³-hybridized carbons (Fsp3) is 0.440. The highest BCUT2D eigenvalue weighted by Gasteiger charge is 2.26. The Morgan fingerprint density at radius 1 is 1.00 bits per heavy atom. The normalized spacial score (nSPS) is 12.6. The van der Waals surface area contributed by atoms with Crippen molar-refractivity contribution in [1.29, 1.82) is 0 Å². The molecule has 7 heteroatoms. The van der Waals surface area contributed by atoms with E-state index in [1.807, 2.05) is 56.3 Å². The molecule has 2 aromatic rings. The van der Waals surface area contributed by atoms with E-state index in [-0.39, 0.29) is 24.3 Å². The molecule has 0 radical (unpaired) electrons. The van der Waals surface area contributed by atoms with Gasteiger partial charge in [0.15, 0.2) is 11.5 Å². The van der Waals surface area contributed by atoms with Crippen molar-refractivity contribution in [3.63, 3.8) is 0 Å². The summed E-state index contributed by atoms with van der Waals surface area (Å²) in [6, 6.07) is 12.9. The Morgan fingerprint density at radius 3 is 2.22 bits per heavy atom. The Balaban J connectivity index is 2.17. The first-order valence-corrected chi connectivity index (χ1v) is 11.6. The standard InChI is InChI=1S/C25H33BrN2O4/c1-6-17(2)27-25(30)18(3)28(16-20-7-11-21(26)12-8-20)24(29)14-10-19-9-13-22(31-4)23(15-19)32-5/h7-9,11-13,15,17-18H,6,10,14,16H2,1-5H3,(H,27,30)/t17-,18+/m1/s1. The number of carbonyl (C=O) groups is 2. The Morgan fingerprint density at radius 2 is 1.62 bits per heavy atom. The number of ether oxygens (including phenoxy) is 2. The van der Waals surface area contributed by atoms with E-state index in [2.05, 4.69) is 21.2 Å². The van der Waals surface area contributed by atoms with Crippen molar-refractivity contribution in [1.82, 2.24) is 10.2 Å². The molecular weight excluding hydrogens is 472 g/mol. The topological polar surface area (TPSA) is 67.9 Å². The monoisotopic (exact) mass is 504 g/mol. The molecule has 0 unspecified atom stereocenters. The largest absolute Gasteiger partial charge is 0.493 e. The number of hydrogen-bond donors (Lipinski definition) is 1. The summed E-state index contributed by atoms with van der Waals surface area (Å²) in [5, 5.41) is 2.99. The first-order valence-electron chi connectivity index (χ1n) is 10.8. The minimum Gasteiger partial charge on any atom is -0.493 e. The van der Waals surface area contributed by atoms with Crippen LogP contribution in [0.1, 0.15) is 44.7 Å². The van der Waals surface area contributed by atoms with E-state index in [0.29, 0.717) is 24.5 Å². The van der Waals surface area contributed by atoms with Gasteiger partial charge < -0.3 is 19.7 Å². The highest BCUT2D eigenvalue weighted by molar-refractivity contribution is 9.10. The molecule has 32 heavy (non-hydrogen) atoms. The van der Waals surface area contributed by atoms with Crippen LogP contribution in [0.5, 0.6) is 11.5 Å². The summed E-state index contributed by atoms with van der Waals surface area (Å²) in [5.74, 6) is 1.06. The van der Waals surface area contributed by atoms with Crippen molar-refractivity contribution < 1.29 is 19.1 Å². The summed E-state index contributed by atoms with van der Waals surface area (Å²) in [5.41, 5.74) is 1.94. The van der Waals surface area contributed by atoms with Crippen molar-refractivity contribution in [2.24, 2.45) is 0 Å². The second kappa shape index (κ2) is 12.5. The zero-order chi connectivity index (χ0) is 23.7. The number of aryl methyl sites for hydroxylation is 1. The van der Waals surface area contributed by atoms with E-state index in [0.717, 1.165) is 22.0 Å². The number of methoxy groups -OCH3 is 2. The molecule has 2 aromatic carbocycles. The number of nitrogens with one attached hydrogen (secondary N) is 1. The third kappa shape index (κ3) is 7.26. The van der Waals surface area contributed by atoms with Crippen molar-refractivity contribution in [3.8, 4) is 11.5 Å². The molecule has 0 bridgehead atoms. The molecule has 0 heterocycles. The van der Waals surface area contributed by atoms with Gasteiger partial charge in [-0.05, 0) is 62.1 Å². The summed E-state index contributed by atoms with van der Waals surface area (Å²) >= 11 is 3.44. The fourth-order valence-electron chi connectivity index (χ4n) is 3.27. The third-order valence-electron chi connectivity index (χ3n) is 5.51. The van der Waals surface area contributed by atoms with Gasteiger partial charge in [-0.15, -0.1) is 0 Å². The molecule has 0 aliphatic rings. The van der Waals surface area contributed by atoms with Crippen LogP contribution in [0.25, 0.3) is 0 Å². The second-order valence-corrected chi connectivity index (χ2v) is 8.75. The van der Waals surface area contributed by atoms with Crippen LogP contribution in [-0.2, 0) is 22.6 Å². The van der Waals surface area contributed by atoms with Crippen LogP contribution in [0.3, 0.4) is 0 Å². The number of benzene rings is 2. The van der Waals surface area contributed by atoms with Crippen LogP contribution in [0.4, 0.5) is 0 Å². The SMILES string of the molecule is CC[C@@H](C)NC(=O)[C@H](C)N(Cc1ccc(Br)cc1)C(=O)CCc1ccc(OC)c(OC)c1. The maximum Gasteiger partial charge on any atom is 0.242 e.